The fraction of sp³-hybridized carbons (Fsp3) is 0.333. The van der Waals surface area contributed by atoms with E-state index in [1.54, 1.807) is 24.3 Å². The molecule has 0 radical (unpaired) electrons. The molecule has 8 nitrogen and oxygen atoms in total. The van der Waals surface area contributed by atoms with E-state index in [0.29, 0.717) is 16.5 Å². The van der Waals surface area contributed by atoms with Crippen LogP contribution in [0.5, 0.6) is 0 Å². The van der Waals surface area contributed by atoms with E-state index in [4.69, 9.17) is 9.84 Å². The minimum Gasteiger partial charge on any atom is -0.479 e. The number of aryl methyl sites for hydroxylation is 1. The number of aliphatic carboxylic acids is 1. The highest BCUT2D eigenvalue weighted by Gasteiger charge is 2.18. The molecule has 1 aromatic carbocycles. The Bertz CT molecular complexity index is 799. The van der Waals surface area contributed by atoms with Gasteiger partial charge < -0.3 is 15.2 Å². The Labute approximate surface area is 131 Å². The SMILES string of the molecule is COC(CNC(=O)Cc1nn(C)c(=O)c2ccccc12)C(=O)O. The molecule has 0 fully saturated rings. The molecule has 0 saturated heterocycles. The zero-order valence-electron chi connectivity index (χ0n) is 12.8. The predicted molar refractivity (Wildman–Crippen MR) is 82.1 cm³/mol. The van der Waals surface area contributed by atoms with Crippen LogP contribution in [0.25, 0.3) is 10.8 Å². The molecule has 1 heterocycles. The molecule has 1 atom stereocenters. The number of carboxylic acid groups (broad SMARTS) is 1. The van der Waals surface area contributed by atoms with Crippen LogP contribution in [0.3, 0.4) is 0 Å². The van der Waals surface area contributed by atoms with Crippen LogP contribution in [-0.4, -0.2) is 46.5 Å². The molecule has 0 aliphatic carbocycles. The van der Waals surface area contributed by atoms with Crippen molar-refractivity contribution in [3.63, 3.8) is 0 Å². The van der Waals surface area contributed by atoms with Gasteiger partial charge in [-0.15, -0.1) is 0 Å². The van der Waals surface area contributed by atoms with Gasteiger partial charge in [0.2, 0.25) is 5.91 Å². The number of methoxy groups -OCH3 is 1. The van der Waals surface area contributed by atoms with Crippen molar-refractivity contribution < 1.29 is 19.4 Å². The Kier molecular flexibility index (Phi) is 5.07. The Morgan fingerprint density at radius 2 is 2.00 bits per heavy atom. The number of rotatable bonds is 6. The van der Waals surface area contributed by atoms with Crippen molar-refractivity contribution in [2.45, 2.75) is 12.5 Å². The number of aromatic nitrogens is 2. The molecule has 0 spiro atoms. The van der Waals surface area contributed by atoms with Gasteiger partial charge in [-0.2, -0.15) is 5.10 Å². The van der Waals surface area contributed by atoms with E-state index in [0.717, 1.165) is 0 Å². The molecule has 0 saturated carbocycles. The van der Waals surface area contributed by atoms with E-state index in [1.807, 2.05) is 0 Å². The van der Waals surface area contributed by atoms with Crippen molar-refractivity contribution in [3.8, 4) is 0 Å². The van der Waals surface area contributed by atoms with Gasteiger partial charge >= 0.3 is 5.97 Å². The summed E-state index contributed by atoms with van der Waals surface area (Å²) in [5.41, 5.74) is 0.208. The first-order valence-corrected chi connectivity index (χ1v) is 6.91. The van der Waals surface area contributed by atoms with E-state index >= 15 is 0 Å². The maximum Gasteiger partial charge on any atom is 0.334 e. The van der Waals surface area contributed by atoms with Gasteiger partial charge in [-0.25, -0.2) is 9.48 Å². The fourth-order valence-corrected chi connectivity index (χ4v) is 2.20. The summed E-state index contributed by atoms with van der Waals surface area (Å²) in [4.78, 5) is 34.9. The normalized spacial score (nSPS) is 12.1. The molecule has 23 heavy (non-hydrogen) atoms. The number of ether oxygens (including phenoxy) is 1. The number of fused-ring (bicyclic) bond motifs is 1. The molecule has 0 aliphatic heterocycles. The van der Waals surface area contributed by atoms with Crippen LogP contribution in [-0.2, 0) is 27.8 Å². The van der Waals surface area contributed by atoms with Crippen LogP contribution >= 0.6 is 0 Å². The number of carboxylic acids is 1. The Morgan fingerprint density at radius 1 is 1.35 bits per heavy atom. The summed E-state index contributed by atoms with van der Waals surface area (Å²) in [7, 11) is 2.77. The number of hydrogen-bond donors (Lipinski definition) is 2. The van der Waals surface area contributed by atoms with Gasteiger partial charge in [-0.05, 0) is 6.07 Å². The van der Waals surface area contributed by atoms with E-state index in [-0.39, 0.29) is 18.5 Å². The van der Waals surface area contributed by atoms with E-state index < -0.39 is 18.0 Å². The molecule has 8 heteroatoms. The second-order valence-corrected chi connectivity index (χ2v) is 4.96. The minimum atomic E-state index is -1.15. The summed E-state index contributed by atoms with van der Waals surface area (Å²) in [5, 5.41) is 16.6. The highest BCUT2D eigenvalue weighted by Crippen LogP contribution is 2.13. The summed E-state index contributed by atoms with van der Waals surface area (Å²) < 4.78 is 5.92. The number of nitrogens with zero attached hydrogens (tertiary/aromatic N) is 2. The van der Waals surface area contributed by atoms with Crippen molar-refractivity contribution in [1.82, 2.24) is 15.1 Å². The van der Waals surface area contributed by atoms with Gasteiger partial charge in [-0.3, -0.25) is 9.59 Å². The Hall–Kier alpha value is -2.74. The van der Waals surface area contributed by atoms with Crippen molar-refractivity contribution >= 4 is 22.6 Å². The molecule has 1 unspecified atom stereocenters. The summed E-state index contributed by atoms with van der Waals surface area (Å²) in [6.07, 6.45) is -1.17. The van der Waals surface area contributed by atoms with Crippen molar-refractivity contribution in [3.05, 3.63) is 40.3 Å². The first-order chi connectivity index (χ1) is 10.9. The van der Waals surface area contributed by atoms with Gasteiger partial charge in [0.05, 0.1) is 24.0 Å². The highest BCUT2D eigenvalue weighted by atomic mass is 16.5. The summed E-state index contributed by atoms with van der Waals surface area (Å²) in [6, 6.07) is 6.90. The number of amides is 1. The Morgan fingerprint density at radius 3 is 2.61 bits per heavy atom. The Balaban J connectivity index is 2.19. The number of carbonyl (C=O) groups excluding carboxylic acids is 1. The molecular weight excluding hydrogens is 302 g/mol. The van der Waals surface area contributed by atoms with E-state index in [1.165, 1.54) is 18.8 Å². The van der Waals surface area contributed by atoms with Crippen LogP contribution in [0.4, 0.5) is 0 Å². The third-order valence-corrected chi connectivity index (χ3v) is 3.41. The van der Waals surface area contributed by atoms with Gasteiger partial charge in [0, 0.05) is 19.5 Å². The van der Waals surface area contributed by atoms with Crippen LogP contribution in [0.2, 0.25) is 0 Å². The molecule has 0 bridgehead atoms. The lowest BCUT2D eigenvalue weighted by Crippen LogP contribution is -2.38. The van der Waals surface area contributed by atoms with Crippen LogP contribution in [0.1, 0.15) is 5.69 Å². The highest BCUT2D eigenvalue weighted by molar-refractivity contribution is 5.88. The number of benzene rings is 1. The second-order valence-electron chi connectivity index (χ2n) is 4.96. The minimum absolute atomic E-state index is 0.0648. The third-order valence-electron chi connectivity index (χ3n) is 3.41. The first kappa shape index (κ1) is 16.6. The molecular formula is C15H17N3O5. The monoisotopic (exact) mass is 319 g/mol. The summed E-state index contributed by atoms with van der Waals surface area (Å²) in [6.45, 7) is -0.144. The zero-order chi connectivity index (χ0) is 17.0. The topological polar surface area (TPSA) is 111 Å². The zero-order valence-corrected chi connectivity index (χ0v) is 12.8. The molecule has 2 N–H and O–H groups in total. The standard InChI is InChI=1S/C15H17N3O5/c1-18-14(20)10-6-4-3-5-9(10)11(17-18)7-13(19)16-8-12(23-2)15(21)22/h3-6,12H,7-8H2,1-2H3,(H,16,19)(H,21,22). The third kappa shape index (κ3) is 3.72. The maximum absolute atomic E-state index is 12.0. The molecule has 122 valence electrons. The van der Waals surface area contributed by atoms with Crippen molar-refractivity contribution in [2.24, 2.45) is 7.05 Å². The average molecular weight is 319 g/mol. The first-order valence-electron chi connectivity index (χ1n) is 6.91. The van der Waals surface area contributed by atoms with Crippen LogP contribution < -0.4 is 10.9 Å². The van der Waals surface area contributed by atoms with Gasteiger partial charge in [-0.1, -0.05) is 18.2 Å². The molecule has 2 aromatic rings. The molecule has 2 rings (SSSR count). The van der Waals surface area contributed by atoms with Crippen LogP contribution in [0, 0.1) is 0 Å². The van der Waals surface area contributed by atoms with Gasteiger partial charge in [0.25, 0.3) is 5.56 Å². The number of nitrogens with one attached hydrogen (secondary N) is 1. The van der Waals surface area contributed by atoms with Gasteiger partial charge in [0.15, 0.2) is 6.10 Å². The molecule has 1 amide bonds. The van der Waals surface area contributed by atoms with Crippen molar-refractivity contribution in [1.29, 1.82) is 0 Å². The van der Waals surface area contributed by atoms with E-state index in [2.05, 4.69) is 10.4 Å². The summed E-state index contributed by atoms with van der Waals surface area (Å²) in [5.74, 6) is -1.55. The smallest absolute Gasteiger partial charge is 0.334 e. The fourth-order valence-electron chi connectivity index (χ4n) is 2.20. The molecule has 1 aromatic heterocycles. The number of hydrogen-bond acceptors (Lipinski definition) is 5. The lowest BCUT2D eigenvalue weighted by Gasteiger charge is -2.12. The predicted octanol–water partition coefficient (Wildman–Crippen LogP) is -0.308. The average Bonchev–Trinajstić information content (AvgIpc) is 2.52. The van der Waals surface area contributed by atoms with Crippen LogP contribution in [0.15, 0.2) is 29.1 Å². The molecule has 0 aliphatic rings. The lowest BCUT2D eigenvalue weighted by atomic mass is 10.1. The summed E-state index contributed by atoms with van der Waals surface area (Å²) >= 11 is 0. The number of carbonyl (C=O) groups is 2. The van der Waals surface area contributed by atoms with E-state index in [9.17, 15) is 14.4 Å². The van der Waals surface area contributed by atoms with Crippen molar-refractivity contribution in [2.75, 3.05) is 13.7 Å². The second kappa shape index (κ2) is 7.01. The largest absolute Gasteiger partial charge is 0.479 e. The quantitative estimate of drug-likeness (QED) is 0.756. The lowest BCUT2D eigenvalue weighted by molar-refractivity contribution is -0.148. The van der Waals surface area contributed by atoms with Gasteiger partial charge in [0.1, 0.15) is 0 Å². The maximum atomic E-state index is 12.0.